The second-order valence-corrected chi connectivity index (χ2v) is 6.34. The Hall–Kier alpha value is -2.46. The van der Waals surface area contributed by atoms with Crippen LogP contribution in [-0.2, 0) is 6.42 Å². The number of ether oxygens (including phenoxy) is 1. The lowest BCUT2D eigenvalue weighted by molar-refractivity contribution is 0.439. The molecule has 1 N–H and O–H groups in total. The molecule has 0 fully saturated rings. The van der Waals surface area contributed by atoms with E-state index < -0.39 is 0 Å². The average Bonchev–Trinajstić information content (AvgIpc) is 2.54. The van der Waals surface area contributed by atoms with Crippen molar-refractivity contribution in [1.82, 2.24) is 9.97 Å². The molecule has 114 valence electrons. The quantitative estimate of drug-likeness (QED) is 0.495. The fraction of sp³-hybridized carbons (Fsp3) is 0.158. The summed E-state index contributed by atoms with van der Waals surface area (Å²) in [5.41, 5.74) is 5.54. The second-order valence-electron chi connectivity index (χ2n) is 5.95. The molecule has 0 spiro atoms. The van der Waals surface area contributed by atoms with E-state index in [1.807, 2.05) is 18.2 Å². The van der Waals surface area contributed by atoms with Crippen LogP contribution in [0.1, 0.15) is 22.3 Å². The van der Waals surface area contributed by atoms with Gasteiger partial charge in [0.15, 0.2) is 0 Å². The molecule has 2 heterocycles. The summed E-state index contributed by atoms with van der Waals surface area (Å²) in [5.74, 6) is 2.33. The van der Waals surface area contributed by atoms with Crippen LogP contribution >= 0.6 is 12.2 Å². The van der Waals surface area contributed by atoms with Gasteiger partial charge in [-0.15, -0.1) is 0 Å². The topological polar surface area (TPSA) is 37.9 Å². The molecule has 1 aromatic heterocycles. The molecule has 4 heteroatoms. The Morgan fingerprint density at radius 3 is 2.57 bits per heavy atom. The number of aromatic nitrogens is 2. The van der Waals surface area contributed by atoms with Gasteiger partial charge in [0, 0.05) is 12.0 Å². The molecule has 0 aliphatic carbocycles. The Balaban J connectivity index is 1.81. The molecular weight excluding hydrogens is 304 g/mol. The number of fused-ring (bicyclic) bond motifs is 2. The second kappa shape index (κ2) is 5.32. The first-order valence-electron chi connectivity index (χ1n) is 7.58. The zero-order valence-corrected chi connectivity index (χ0v) is 13.8. The molecule has 3 nitrogen and oxygen atoms in total. The third-order valence-corrected chi connectivity index (χ3v) is 4.44. The molecule has 0 saturated heterocycles. The van der Waals surface area contributed by atoms with Crippen molar-refractivity contribution in [2.45, 2.75) is 20.3 Å². The summed E-state index contributed by atoms with van der Waals surface area (Å²) in [6, 6.07) is 14.4. The lowest BCUT2D eigenvalue weighted by atomic mass is 10.0. The highest BCUT2D eigenvalue weighted by Crippen LogP contribution is 2.36. The van der Waals surface area contributed by atoms with Crippen molar-refractivity contribution in [3.05, 3.63) is 69.4 Å². The molecule has 0 amide bonds. The van der Waals surface area contributed by atoms with Gasteiger partial charge in [0.05, 0.1) is 5.56 Å². The minimum absolute atomic E-state index is 0.599. The van der Waals surface area contributed by atoms with E-state index in [-0.39, 0.29) is 0 Å². The van der Waals surface area contributed by atoms with Crippen molar-refractivity contribution >= 4 is 12.2 Å². The molecule has 1 aliphatic rings. The summed E-state index contributed by atoms with van der Waals surface area (Å²) in [6.45, 7) is 4.14. The summed E-state index contributed by atoms with van der Waals surface area (Å²) in [6.07, 6.45) is 0.753. The van der Waals surface area contributed by atoms with Gasteiger partial charge >= 0.3 is 0 Å². The maximum atomic E-state index is 6.04. The standard InChI is InChI=1S/C19H16N2OS/c1-11-3-6-13(7-4-11)17-20-18-15(19(23)21-17)10-14-9-12(2)5-8-16(14)22-18/h3-9H,10H2,1-2H3,(H,20,21,23). The van der Waals surface area contributed by atoms with Crippen molar-refractivity contribution in [3.8, 4) is 23.0 Å². The van der Waals surface area contributed by atoms with Crippen LogP contribution in [0, 0.1) is 18.5 Å². The average molecular weight is 320 g/mol. The minimum Gasteiger partial charge on any atom is -0.440 e. The van der Waals surface area contributed by atoms with Crippen molar-refractivity contribution in [2.75, 3.05) is 0 Å². The van der Waals surface area contributed by atoms with Crippen LogP contribution in [0.15, 0.2) is 42.5 Å². The Morgan fingerprint density at radius 2 is 1.78 bits per heavy atom. The number of rotatable bonds is 1. The van der Waals surface area contributed by atoms with Crippen LogP contribution in [0.4, 0.5) is 0 Å². The number of hydrogen-bond acceptors (Lipinski definition) is 3. The van der Waals surface area contributed by atoms with E-state index in [9.17, 15) is 0 Å². The summed E-state index contributed by atoms with van der Waals surface area (Å²) in [5, 5.41) is 0. The third-order valence-electron chi connectivity index (χ3n) is 4.10. The maximum absolute atomic E-state index is 6.04. The first kappa shape index (κ1) is 14.2. The van der Waals surface area contributed by atoms with Gasteiger partial charge in [-0.05, 0) is 25.5 Å². The Labute approximate surface area is 140 Å². The number of hydrogen-bond donors (Lipinski definition) is 1. The molecular formula is C19H16N2OS. The number of nitrogens with one attached hydrogen (secondary N) is 1. The minimum atomic E-state index is 0.599. The highest BCUT2D eigenvalue weighted by Gasteiger charge is 2.20. The molecule has 23 heavy (non-hydrogen) atoms. The SMILES string of the molecule is Cc1ccc(-c2nc(=S)c3c([nH]2)Oc2ccc(C)cc2C3)cc1. The molecule has 4 rings (SSSR count). The monoisotopic (exact) mass is 320 g/mol. The fourth-order valence-electron chi connectivity index (χ4n) is 2.81. The smallest absolute Gasteiger partial charge is 0.205 e. The van der Waals surface area contributed by atoms with Gasteiger partial charge < -0.3 is 9.72 Å². The van der Waals surface area contributed by atoms with Crippen LogP contribution in [0.3, 0.4) is 0 Å². The number of aryl methyl sites for hydroxylation is 2. The first-order chi connectivity index (χ1) is 11.1. The number of benzene rings is 2. The molecule has 0 unspecified atom stereocenters. The maximum Gasteiger partial charge on any atom is 0.205 e. The fourth-order valence-corrected chi connectivity index (χ4v) is 3.07. The van der Waals surface area contributed by atoms with E-state index in [4.69, 9.17) is 17.0 Å². The van der Waals surface area contributed by atoms with Gasteiger partial charge in [0.2, 0.25) is 5.88 Å². The van der Waals surface area contributed by atoms with Crippen molar-refractivity contribution in [1.29, 1.82) is 0 Å². The van der Waals surface area contributed by atoms with Gasteiger partial charge in [0.25, 0.3) is 0 Å². The highest BCUT2D eigenvalue weighted by molar-refractivity contribution is 7.71. The van der Waals surface area contributed by atoms with E-state index in [1.54, 1.807) is 0 Å². The van der Waals surface area contributed by atoms with E-state index in [0.717, 1.165) is 34.7 Å². The molecule has 3 aromatic rings. The van der Waals surface area contributed by atoms with Crippen LogP contribution < -0.4 is 4.74 Å². The van der Waals surface area contributed by atoms with Crippen LogP contribution in [0.2, 0.25) is 0 Å². The van der Waals surface area contributed by atoms with Crippen molar-refractivity contribution in [2.24, 2.45) is 0 Å². The summed E-state index contributed by atoms with van der Waals surface area (Å²) in [4.78, 5) is 7.86. The first-order valence-corrected chi connectivity index (χ1v) is 7.98. The largest absolute Gasteiger partial charge is 0.440 e. The van der Waals surface area contributed by atoms with E-state index in [2.05, 4.69) is 48.1 Å². The zero-order chi connectivity index (χ0) is 16.0. The Bertz CT molecular complexity index is 958. The Kier molecular flexibility index (Phi) is 3.27. The predicted molar refractivity (Wildman–Crippen MR) is 93.7 cm³/mol. The van der Waals surface area contributed by atoms with Gasteiger partial charge in [-0.25, -0.2) is 4.98 Å². The normalized spacial score (nSPS) is 12.3. The van der Waals surface area contributed by atoms with Gasteiger partial charge in [0.1, 0.15) is 16.2 Å². The zero-order valence-electron chi connectivity index (χ0n) is 13.0. The predicted octanol–water partition coefficient (Wildman–Crippen LogP) is 5.12. The van der Waals surface area contributed by atoms with Gasteiger partial charge in [-0.2, -0.15) is 0 Å². The third kappa shape index (κ3) is 2.55. The van der Waals surface area contributed by atoms with Crippen LogP contribution in [0.5, 0.6) is 11.6 Å². The van der Waals surface area contributed by atoms with E-state index in [1.165, 1.54) is 11.1 Å². The number of aromatic amines is 1. The molecule has 1 aliphatic heterocycles. The molecule has 0 radical (unpaired) electrons. The van der Waals surface area contributed by atoms with Gasteiger partial charge in [-0.3, -0.25) is 0 Å². The lowest BCUT2D eigenvalue weighted by Gasteiger charge is -2.20. The summed E-state index contributed by atoms with van der Waals surface area (Å²) >= 11 is 5.50. The summed E-state index contributed by atoms with van der Waals surface area (Å²) < 4.78 is 6.64. The van der Waals surface area contributed by atoms with E-state index >= 15 is 0 Å². The van der Waals surface area contributed by atoms with Crippen LogP contribution in [0.25, 0.3) is 11.4 Å². The van der Waals surface area contributed by atoms with Crippen molar-refractivity contribution in [3.63, 3.8) is 0 Å². The lowest BCUT2D eigenvalue weighted by Crippen LogP contribution is -2.08. The van der Waals surface area contributed by atoms with Crippen LogP contribution in [-0.4, -0.2) is 9.97 Å². The molecule has 0 bridgehead atoms. The molecule has 2 aromatic carbocycles. The summed E-state index contributed by atoms with van der Waals surface area (Å²) in [7, 11) is 0. The number of nitrogens with zero attached hydrogens (tertiary/aromatic N) is 1. The Morgan fingerprint density at radius 1 is 1.04 bits per heavy atom. The van der Waals surface area contributed by atoms with Crippen molar-refractivity contribution < 1.29 is 4.74 Å². The highest BCUT2D eigenvalue weighted by atomic mass is 32.1. The van der Waals surface area contributed by atoms with E-state index in [0.29, 0.717) is 10.5 Å². The van der Waals surface area contributed by atoms with Gasteiger partial charge in [-0.1, -0.05) is 59.7 Å². The molecule has 0 saturated carbocycles. The number of H-pyrrole nitrogens is 1. The molecule has 0 atom stereocenters.